The number of fused-ring (bicyclic) bond motifs is 1. The fourth-order valence-electron chi connectivity index (χ4n) is 3.04. The minimum atomic E-state index is -3.77. The van der Waals surface area contributed by atoms with Crippen LogP contribution in [0.3, 0.4) is 0 Å². The van der Waals surface area contributed by atoms with E-state index in [0.717, 1.165) is 19.3 Å². The van der Waals surface area contributed by atoms with Crippen molar-refractivity contribution in [2.75, 3.05) is 11.9 Å². The molecule has 0 radical (unpaired) electrons. The lowest BCUT2D eigenvalue weighted by molar-refractivity contribution is 0.570. The molecule has 0 saturated carbocycles. The van der Waals surface area contributed by atoms with E-state index in [2.05, 4.69) is 28.5 Å². The Hall–Kier alpha value is -1.92. The van der Waals surface area contributed by atoms with Crippen molar-refractivity contribution >= 4 is 15.8 Å². The lowest BCUT2D eigenvalue weighted by atomic mass is 9.83. The second-order valence-corrected chi connectivity index (χ2v) is 7.09. The molecule has 0 amide bonds. The molecule has 22 heavy (non-hydrogen) atoms. The molecule has 1 aromatic carbocycles. The van der Waals surface area contributed by atoms with Gasteiger partial charge in [0.25, 0.3) is 0 Å². The highest BCUT2D eigenvalue weighted by atomic mass is 32.2. The molecule has 0 unspecified atom stereocenters. The number of hydrogen-bond acceptors (Lipinski definition) is 4. The highest BCUT2D eigenvalue weighted by Crippen LogP contribution is 2.31. The maximum atomic E-state index is 11.6. The maximum absolute atomic E-state index is 11.6. The Labute approximate surface area is 130 Å². The summed E-state index contributed by atoms with van der Waals surface area (Å²) in [7, 11) is -3.77. The van der Waals surface area contributed by atoms with Crippen molar-refractivity contribution < 1.29 is 8.42 Å². The SMILES string of the molecule is NS(=O)(=O)c1cccnc1NC[C@H]1CCCc2ccccc21. The number of nitrogens with zero attached hydrogens (tertiary/aromatic N) is 1. The molecule has 0 bridgehead atoms. The average molecular weight is 317 g/mol. The topological polar surface area (TPSA) is 85.1 Å². The molecular formula is C16H19N3O2S. The van der Waals surface area contributed by atoms with Crippen LogP contribution in [0.2, 0.25) is 0 Å². The summed E-state index contributed by atoms with van der Waals surface area (Å²) in [4.78, 5) is 4.16. The summed E-state index contributed by atoms with van der Waals surface area (Å²) < 4.78 is 23.2. The highest BCUT2D eigenvalue weighted by molar-refractivity contribution is 7.89. The number of aryl methyl sites for hydroxylation is 1. The number of nitrogens with two attached hydrogens (primary N) is 1. The molecule has 1 atom stereocenters. The first-order valence-electron chi connectivity index (χ1n) is 7.35. The van der Waals surface area contributed by atoms with Gasteiger partial charge in [-0.25, -0.2) is 18.5 Å². The van der Waals surface area contributed by atoms with Crippen LogP contribution < -0.4 is 10.5 Å². The molecule has 2 aromatic rings. The van der Waals surface area contributed by atoms with Crippen LogP contribution >= 0.6 is 0 Å². The number of nitrogens with one attached hydrogen (secondary N) is 1. The van der Waals surface area contributed by atoms with Crippen molar-refractivity contribution in [2.24, 2.45) is 5.14 Å². The van der Waals surface area contributed by atoms with Gasteiger partial charge < -0.3 is 5.32 Å². The summed E-state index contributed by atoms with van der Waals surface area (Å²) in [6, 6.07) is 11.5. The van der Waals surface area contributed by atoms with Gasteiger partial charge in [0.15, 0.2) is 0 Å². The number of pyridine rings is 1. The number of hydrogen-bond donors (Lipinski definition) is 2. The quantitative estimate of drug-likeness (QED) is 0.906. The van der Waals surface area contributed by atoms with Gasteiger partial charge in [-0.05, 0) is 42.5 Å². The number of aromatic nitrogens is 1. The Balaban J connectivity index is 1.80. The molecular weight excluding hydrogens is 298 g/mol. The molecule has 3 N–H and O–H groups in total. The van der Waals surface area contributed by atoms with Crippen LogP contribution in [0.25, 0.3) is 0 Å². The van der Waals surface area contributed by atoms with Gasteiger partial charge in [-0.15, -0.1) is 0 Å². The summed E-state index contributed by atoms with van der Waals surface area (Å²) in [5.74, 6) is 0.688. The van der Waals surface area contributed by atoms with Crippen LogP contribution in [0.15, 0.2) is 47.5 Å². The van der Waals surface area contributed by atoms with E-state index in [1.54, 1.807) is 12.3 Å². The third kappa shape index (κ3) is 3.13. The minimum Gasteiger partial charge on any atom is -0.368 e. The Bertz CT molecular complexity index is 774. The van der Waals surface area contributed by atoms with Crippen LogP contribution in [0.1, 0.15) is 29.9 Å². The van der Waals surface area contributed by atoms with Gasteiger partial charge in [-0.1, -0.05) is 24.3 Å². The summed E-state index contributed by atoms with van der Waals surface area (Å²) in [6.45, 7) is 0.649. The molecule has 0 fully saturated rings. The van der Waals surface area contributed by atoms with E-state index in [1.165, 1.54) is 17.2 Å². The van der Waals surface area contributed by atoms with Crippen LogP contribution in [0, 0.1) is 0 Å². The number of rotatable bonds is 4. The lowest BCUT2D eigenvalue weighted by Crippen LogP contribution is -2.21. The summed E-state index contributed by atoms with van der Waals surface area (Å²) in [5.41, 5.74) is 2.72. The zero-order valence-corrected chi connectivity index (χ0v) is 13.0. The summed E-state index contributed by atoms with van der Waals surface area (Å²) in [6.07, 6.45) is 4.90. The van der Waals surface area contributed by atoms with E-state index < -0.39 is 10.0 Å². The molecule has 0 spiro atoms. The van der Waals surface area contributed by atoms with Gasteiger partial charge in [-0.2, -0.15) is 0 Å². The van der Waals surface area contributed by atoms with E-state index in [4.69, 9.17) is 5.14 Å². The number of sulfonamides is 1. The number of benzene rings is 1. The predicted molar refractivity (Wildman–Crippen MR) is 86.2 cm³/mol. The van der Waals surface area contributed by atoms with E-state index in [1.807, 2.05) is 6.07 Å². The Kier molecular flexibility index (Phi) is 4.13. The van der Waals surface area contributed by atoms with Crippen LogP contribution in [0.5, 0.6) is 0 Å². The monoisotopic (exact) mass is 317 g/mol. The largest absolute Gasteiger partial charge is 0.368 e. The molecule has 1 aliphatic carbocycles. The Morgan fingerprint density at radius 2 is 2.05 bits per heavy atom. The molecule has 0 aliphatic heterocycles. The molecule has 6 heteroatoms. The van der Waals surface area contributed by atoms with Crippen molar-refractivity contribution in [3.8, 4) is 0 Å². The van der Waals surface area contributed by atoms with Crippen LogP contribution in [-0.2, 0) is 16.4 Å². The second kappa shape index (κ2) is 6.06. The van der Waals surface area contributed by atoms with Gasteiger partial charge >= 0.3 is 0 Å². The normalized spacial score (nSPS) is 17.8. The van der Waals surface area contributed by atoms with Gasteiger partial charge in [0.1, 0.15) is 10.7 Å². The average Bonchev–Trinajstić information content (AvgIpc) is 2.52. The fraction of sp³-hybridized carbons (Fsp3) is 0.312. The van der Waals surface area contributed by atoms with Gasteiger partial charge in [0, 0.05) is 18.7 Å². The molecule has 3 rings (SSSR count). The Morgan fingerprint density at radius 3 is 2.86 bits per heavy atom. The first kappa shape index (κ1) is 15.0. The first-order chi connectivity index (χ1) is 10.6. The van der Waals surface area contributed by atoms with Gasteiger partial charge in [0.2, 0.25) is 10.0 Å². The van der Waals surface area contributed by atoms with Gasteiger partial charge in [-0.3, -0.25) is 0 Å². The molecule has 116 valence electrons. The number of primary sulfonamides is 1. The fourth-order valence-corrected chi connectivity index (χ4v) is 3.70. The lowest BCUT2D eigenvalue weighted by Gasteiger charge is -2.26. The molecule has 5 nitrogen and oxygen atoms in total. The third-order valence-corrected chi connectivity index (χ3v) is 5.03. The zero-order chi connectivity index (χ0) is 15.6. The third-order valence-electron chi connectivity index (χ3n) is 4.09. The van der Waals surface area contributed by atoms with Crippen molar-refractivity contribution in [2.45, 2.75) is 30.1 Å². The van der Waals surface area contributed by atoms with E-state index in [9.17, 15) is 8.42 Å². The molecule has 0 saturated heterocycles. The minimum absolute atomic E-state index is 0.0408. The van der Waals surface area contributed by atoms with Crippen molar-refractivity contribution in [1.29, 1.82) is 0 Å². The number of anilines is 1. The van der Waals surface area contributed by atoms with Crippen molar-refractivity contribution in [1.82, 2.24) is 4.98 Å². The zero-order valence-electron chi connectivity index (χ0n) is 12.2. The molecule has 1 aliphatic rings. The maximum Gasteiger partial charge on any atom is 0.241 e. The standard InChI is InChI=1S/C16H19N3O2S/c17-22(20,21)15-9-4-10-18-16(15)19-11-13-7-3-6-12-5-1-2-8-14(12)13/h1-2,4-5,8-10,13H,3,6-7,11H2,(H,18,19)(H2,17,20,21)/t13-/m1/s1. The second-order valence-electron chi connectivity index (χ2n) is 5.56. The van der Waals surface area contributed by atoms with Crippen LogP contribution in [0.4, 0.5) is 5.82 Å². The van der Waals surface area contributed by atoms with Crippen molar-refractivity contribution in [3.63, 3.8) is 0 Å². The molecule has 1 aromatic heterocycles. The van der Waals surface area contributed by atoms with Crippen molar-refractivity contribution in [3.05, 3.63) is 53.7 Å². The smallest absolute Gasteiger partial charge is 0.241 e. The summed E-state index contributed by atoms with van der Waals surface area (Å²) in [5, 5.41) is 8.40. The van der Waals surface area contributed by atoms with E-state index >= 15 is 0 Å². The molecule has 1 heterocycles. The Morgan fingerprint density at radius 1 is 1.23 bits per heavy atom. The first-order valence-corrected chi connectivity index (χ1v) is 8.90. The summed E-state index contributed by atoms with van der Waals surface area (Å²) >= 11 is 0. The van der Waals surface area contributed by atoms with Gasteiger partial charge in [0.05, 0.1) is 0 Å². The van der Waals surface area contributed by atoms with Crippen LogP contribution in [-0.4, -0.2) is 19.9 Å². The van der Waals surface area contributed by atoms with E-state index in [0.29, 0.717) is 18.3 Å². The van der Waals surface area contributed by atoms with E-state index in [-0.39, 0.29) is 4.90 Å². The highest BCUT2D eigenvalue weighted by Gasteiger charge is 2.21. The predicted octanol–water partition coefficient (Wildman–Crippen LogP) is 2.26.